The summed E-state index contributed by atoms with van der Waals surface area (Å²) in [5.74, 6) is 0.248. The van der Waals surface area contributed by atoms with Crippen molar-refractivity contribution in [3.63, 3.8) is 0 Å². The number of methoxy groups -OCH3 is 1. The average Bonchev–Trinajstić information content (AvgIpc) is 3.01. The van der Waals surface area contributed by atoms with Gasteiger partial charge in [0.1, 0.15) is 10.4 Å². The highest BCUT2D eigenvalue weighted by atomic mass is 32.1. The van der Waals surface area contributed by atoms with Crippen molar-refractivity contribution in [3.05, 3.63) is 91.8 Å². The van der Waals surface area contributed by atoms with Gasteiger partial charge in [0.05, 0.1) is 17.3 Å². The van der Waals surface area contributed by atoms with E-state index in [4.69, 9.17) is 4.74 Å². The molecule has 1 amide bonds. The summed E-state index contributed by atoms with van der Waals surface area (Å²) < 4.78 is 7.88. The molecule has 0 fully saturated rings. The Labute approximate surface area is 177 Å². The number of nitrogens with one attached hydrogen (secondary N) is 1. The van der Waals surface area contributed by atoms with Crippen molar-refractivity contribution in [1.82, 2.24) is 4.57 Å². The smallest absolute Gasteiger partial charge is 0.268 e. The van der Waals surface area contributed by atoms with Crippen LogP contribution in [0.1, 0.15) is 5.56 Å². The van der Waals surface area contributed by atoms with Crippen molar-refractivity contribution in [2.45, 2.75) is 0 Å². The van der Waals surface area contributed by atoms with Gasteiger partial charge in [-0.1, -0.05) is 48.5 Å². The highest BCUT2D eigenvalue weighted by Crippen LogP contribution is 2.22. The lowest BCUT2D eigenvalue weighted by molar-refractivity contribution is -0.110. The summed E-state index contributed by atoms with van der Waals surface area (Å²) in [6.07, 6.45) is 3.28. The van der Waals surface area contributed by atoms with E-state index in [9.17, 15) is 9.59 Å². The Morgan fingerprint density at radius 3 is 2.57 bits per heavy atom. The number of para-hydroxylation sites is 2. The van der Waals surface area contributed by atoms with Crippen LogP contribution in [0.2, 0.25) is 0 Å². The normalized spacial score (nSPS) is 12.3. The topological polar surface area (TPSA) is 60.3 Å². The van der Waals surface area contributed by atoms with Gasteiger partial charge in [0.25, 0.3) is 11.5 Å². The Kier molecular flexibility index (Phi) is 5.50. The molecule has 3 aromatic carbocycles. The van der Waals surface area contributed by atoms with E-state index in [2.05, 4.69) is 11.4 Å². The van der Waals surface area contributed by atoms with E-state index in [0.29, 0.717) is 20.6 Å². The second-order valence-corrected chi connectivity index (χ2v) is 7.82. The molecule has 1 heterocycles. The summed E-state index contributed by atoms with van der Waals surface area (Å²) in [5.41, 5.74) is 1.38. The molecule has 0 atom stereocenters. The number of carbonyl (C=O) groups excluding carboxylic acids is 1. The molecule has 0 radical (unpaired) electrons. The molecule has 0 unspecified atom stereocenters. The molecule has 30 heavy (non-hydrogen) atoms. The van der Waals surface area contributed by atoms with Gasteiger partial charge in [-0.3, -0.25) is 9.59 Å². The van der Waals surface area contributed by atoms with E-state index in [0.717, 1.165) is 16.3 Å². The van der Waals surface area contributed by atoms with Gasteiger partial charge >= 0.3 is 0 Å². The molecule has 1 aromatic heterocycles. The minimum Gasteiger partial charge on any atom is -0.495 e. The number of thiazole rings is 1. The summed E-state index contributed by atoms with van der Waals surface area (Å²) >= 11 is 1.28. The maximum Gasteiger partial charge on any atom is 0.268 e. The number of amides is 1. The van der Waals surface area contributed by atoms with E-state index < -0.39 is 0 Å². The van der Waals surface area contributed by atoms with Crippen LogP contribution in [0.3, 0.4) is 0 Å². The molecule has 4 aromatic rings. The molecular formula is C24H20N2O3S. The highest BCUT2D eigenvalue weighted by Gasteiger charge is 2.07. The quantitative estimate of drug-likeness (QED) is 0.557. The fourth-order valence-corrected chi connectivity index (χ4v) is 4.22. The molecule has 150 valence electrons. The molecule has 0 saturated heterocycles. The van der Waals surface area contributed by atoms with Crippen LogP contribution < -0.4 is 24.8 Å². The highest BCUT2D eigenvalue weighted by molar-refractivity contribution is 7.07. The lowest BCUT2D eigenvalue weighted by Crippen LogP contribution is -2.29. The van der Waals surface area contributed by atoms with Crippen molar-refractivity contribution >= 4 is 45.9 Å². The first-order valence-corrected chi connectivity index (χ1v) is 10.2. The molecular weight excluding hydrogens is 396 g/mol. The number of hydrogen-bond acceptors (Lipinski definition) is 4. The third-order valence-corrected chi connectivity index (χ3v) is 5.86. The van der Waals surface area contributed by atoms with Crippen molar-refractivity contribution in [2.24, 2.45) is 7.05 Å². The summed E-state index contributed by atoms with van der Waals surface area (Å²) in [6.45, 7) is 0. The molecule has 4 rings (SSSR count). The summed E-state index contributed by atoms with van der Waals surface area (Å²) in [6, 6.07) is 21.3. The molecule has 0 aliphatic heterocycles. The van der Waals surface area contributed by atoms with E-state index >= 15 is 0 Å². The second kappa shape index (κ2) is 8.39. The van der Waals surface area contributed by atoms with Gasteiger partial charge in [0.2, 0.25) is 0 Å². The predicted octanol–water partition coefficient (Wildman–Crippen LogP) is 2.86. The molecule has 0 aliphatic carbocycles. The van der Waals surface area contributed by atoms with Crippen LogP contribution in [0.5, 0.6) is 5.75 Å². The zero-order valence-electron chi connectivity index (χ0n) is 16.6. The number of rotatable bonds is 4. The van der Waals surface area contributed by atoms with Gasteiger partial charge in [-0.25, -0.2) is 0 Å². The molecule has 0 aliphatic rings. The Morgan fingerprint density at radius 2 is 1.77 bits per heavy atom. The molecule has 5 nitrogen and oxygen atoms in total. The number of nitrogens with zero attached hydrogens (tertiary/aromatic N) is 1. The van der Waals surface area contributed by atoms with Gasteiger partial charge in [-0.2, -0.15) is 0 Å². The third-order valence-electron chi connectivity index (χ3n) is 4.75. The van der Waals surface area contributed by atoms with Crippen LogP contribution in [0, 0.1) is 0 Å². The Morgan fingerprint density at radius 1 is 1.03 bits per heavy atom. The van der Waals surface area contributed by atoms with Gasteiger partial charge in [-0.05, 0) is 40.6 Å². The fourth-order valence-electron chi connectivity index (χ4n) is 3.19. The lowest BCUT2D eigenvalue weighted by Gasteiger charge is -2.07. The van der Waals surface area contributed by atoms with Crippen molar-refractivity contribution in [1.29, 1.82) is 0 Å². The molecule has 1 N–H and O–H groups in total. The lowest BCUT2D eigenvalue weighted by atomic mass is 10.1. The SMILES string of the molecule is COc1ccccc1NC(=O)/C=c1\s/c(=C\c2ccc3ccccc3c2)c(=O)n1C. The Balaban J connectivity index is 1.69. The van der Waals surface area contributed by atoms with Crippen LogP contribution in [0.4, 0.5) is 5.69 Å². The van der Waals surface area contributed by atoms with Gasteiger partial charge in [0, 0.05) is 13.1 Å². The van der Waals surface area contributed by atoms with Crippen molar-refractivity contribution in [3.8, 4) is 5.75 Å². The average molecular weight is 417 g/mol. The van der Waals surface area contributed by atoms with Crippen molar-refractivity contribution < 1.29 is 9.53 Å². The maximum atomic E-state index is 12.7. The molecule has 0 bridgehead atoms. The monoisotopic (exact) mass is 416 g/mol. The number of anilines is 1. The third kappa shape index (κ3) is 4.04. The van der Waals surface area contributed by atoms with E-state index in [1.165, 1.54) is 22.0 Å². The fraction of sp³-hybridized carbons (Fsp3) is 0.0833. The first-order chi connectivity index (χ1) is 14.5. The van der Waals surface area contributed by atoms with Crippen LogP contribution >= 0.6 is 11.3 Å². The van der Waals surface area contributed by atoms with Gasteiger partial charge in [-0.15, -0.1) is 11.3 Å². The first kappa shape index (κ1) is 19.7. The van der Waals surface area contributed by atoms with E-state index in [1.54, 1.807) is 26.3 Å². The maximum absolute atomic E-state index is 12.7. The molecule has 0 spiro atoms. The number of fused-ring (bicyclic) bond motifs is 1. The number of carbonyl (C=O) groups is 1. The summed E-state index contributed by atoms with van der Waals surface area (Å²) in [4.78, 5) is 25.2. The van der Waals surface area contributed by atoms with Crippen LogP contribution in [0.15, 0.2) is 71.5 Å². The van der Waals surface area contributed by atoms with Gasteiger partial charge in [0.15, 0.2) is 0 Å². The molecule has 6 heteroatoms. The zero-order chi connectivity index (χ0) is 21.1. The minimum absolute atomic E-state index is 0.135. The van der Waals surface area contributed by atoms with E-state index in [-0.39, 0.29) is 11.5 Å². The second-order valence-electron chi connectivity index (χ2n) is 6.75. The Bertz CT molecular complexity index is 1420. The first-order valence-electron chi connectivity index (χ1n) is 9.37. The largest absolute Gasteiger partial charge is 0.495 e. The number of hydrogen-bond donors (Lipinski definition) is 1. The number of aromatic nitrogens is 1. The van der Waals surface area contributed by atoms with Gasteiger partial charge < -0.3 is 14.6 Å². The molecule has 0 saturated carbocycles. The van der Waals surface area contributed by atoms with Crippen LogP contribution in [-0.4, -0.2) is 17.6 Å². The minimum atomic E-state index is -0.325. The Hall–Kier alpha value is -3.64. The van der Waals surface area contributed by atoms with Crippen LogP contribution in [-0.2, 0) is 11.8 Å². The zero-order valence-corrected chi connectivity index (χ0v) is 17.4. The van der Waals surface area contributed by atoms with Crippen molar-refractivity contribution in [2.75, 3.05) is 12.4 Å². The summed E-state index contributed by atoms with van der Waals surface area (Å²) in [7, 11) is 3.21. The van der Waals surface area contributed by atoms with E-state index in [1.807, 2.05) is 54.6 Å². The standard InChI is InChI=1S/C24H20N2O3S/c1-26-23(15-22(27)25-19-9-5-6-10-20(19)29-2)30-21(24(26)28)14-16-11-12-17-7-3-4-8-18(17)13-16/h3-15H,1-2H3,(H,25,27)/b21-14-,23-15-. The van der Waals surface area contributed by atoms with Crippen LogP contribution in [0.25, 0.3) is 22.9 Å². The summed E-state index contributed by atoms with van der Waals surface area (Å²) in [5, 5.41) is 5.06. The number of benzene rings is 3. The predicted molar refractivity (Wildman–Crippen MR) is 122 cm³/mol. The number of ether oxygens (including phenoxy) is 1.